The molecular weight excluding hydrogens is 646 g/mol. The van der Waals surface area contributed by atoms with Crippen molar-refractivity contribution in [1.82, 2.24) is 9.80 Å². The highest BCUT2D eigenvalue weighted by Crippen LogP contribution is 2.51. The normalized spacial score (nSPS) is 17.3. The maximum atomic E-state index is 15.2. The van der Waals surface area contributed by atoms with E-state index in [-0.39, 0.29) is 29.4 Å². The monoisotopic (exact) mass is 690 g/mol. The van der Waals surface area contributed by atoms with Gasteiger partial charge >= 0.3 is 6.03 Å². The number of rotatable bonds is 12. The van der Waals surface area contributed by atoms with Gasteiger partial charge in [-0.2, -0.15) is 0 Å². The lowest BCUT2D eigenvalue weighted by atomic mass is 10.0. The van der Waals surface area contributed by atoms with Gasteiger partial charge in [0.1, 0.15) is 0 Å². The molecule has 5 heteroatoms. The molecule has 50 heavy (non-hydrogen) atoms. The molecule has 0 radical (unpaired) electrons. The molecule has 1 aliphatic rings. The van der Waals surface area contributed by atoms with Gasteiger partial charge in [-0.05, 0) is 48.2 Å². The molecule has 1 saturated heterocycles. The standard InChI is InChI=1S/C45H44N2OP2/c1-35(49(39-25-13-5-14-26-39)40-27-15-6-16-28-40)43-44(36(2)50(41-29-17-7-18-30-41)42-31-19-8-20-32-42)47(34-38-23-11-4-12-24-38)45(48)46(43)33-37-21-9-3-10-22-37/h3-32,35-36,43-44H,33-34H2,1-2H3/t35-,36+,43-,44-/m1/s1. The molecule has 7 rings (SSSR count). The molecule has 1 aliphatic heterocycles. The van der Waals surface area contributed by atoms with Crippen LogP contribution in [0.25, 0.3) is 0 Å². The van der Waals surface area contributed by atoms with Crippen LogP contribution in [0.2, 0.25) is 0 Å². The number of nitrogens with zero attached hydrogens (tertiary/aromatic N) is 2. The highest BCUT2D eigenvalue weighted by Gasteiger charge is 2.53. The van der Waals surface area contributed by atoms with E-state index in [1.54, 1.807) is 0 Å². The van der Waals surface area contributed by atoms with Gasteiger partial charge in [-0.1, -0.05) is 196 Å². The van der Waals surface area contributed by atoms with E-state index in [1.165, 1.54) is 21.2 Å². The van der Waals surface area contributed by atoms with Crippen molar-refractivity contribution in [2.75, 3.05) is 0 Å². The van der Waals surface area contributed by atoms with Gasteiger partial charge in [0.25, 0.3) is 0 Å². The fourth-order valence-corrected chi connectivity index (χ4v) is 13.4. The van der Waals surface area contributed by atoms with Crippen molar-refractivity contribution in [3.63, 3.8) is 0 Å². The minimum absolute atomic E-state index is 0.0367. The largest absolute Gasteiger partial charge is 0.321 e. The van der Waals surface area contributed by atoms with Crippen molar-refractivity contribution in [3.05, 3.63) is 193 Å². The summed E-state index contributed by atoms with van der Waals surface area (Å²) in [6.45, 7) is 5.98. The smallest absolute Gasteiger partial charge is 0.315 e. The van der Waals surface area contributed by atoms with E-state index >= 15 is 4.79 Å². The minimum Gasteiger partial charge on any atom is -0.315 e. The third-order valence-electron chi connectivity index (χ3n) is 9.89. The number of carbonyl (C=O) groups excluding carboxylic acids is 1. The van der Waals surface area contributed by atoms with Crippen molar-refractivity contribution in [2.24, 2.45) is 0 Å². The molecule has 0 unspecified atom stereocenters. The van der Waals surface area contributed by atoms with Gasteiger partial charge in [0.2, 0.25) is 0 Å². The Kier molecular flexibility index (Phi) is 10.8. The summed E-state index contributed by atoms with van der Waals surface area (Å²) in [5, 5.41) is 5.37. The second kappa shape index (κ2) is 16.0. The number of hydrogen-bond acceptors (Lipinski definition) is 1. The lowest BCUT2D eigenvalue weighted by molar-refractivity contribution is 0.180. The second-order valence-corrected chi connectivity index (χ2v) is 18.2. The number of benzene rings is 6. The zero-order chi connectivity index (χ0) is 34.3. The molecule has 4 atom stereocenters. The third-order valence-corrected chi connectivity index (χ3v) is 15.6. The van der Waals surface area contributed by atoms with Crippen LogP contribution in [0.3, 0.4) is 0 Å². The van der Waals surface area contributed by atoms with Crippen LogP contribution in [0, 0.1) is 0 Å². The summed E-state index contributed by atoms with van der Waals surface area (Å²) in [5.74, 6) is 0. The Hall–Kier alpha value is -4.55. The van der Waals surface area contributed by atoms with Crippen molar-refractivity contribution < 1.29 is 4.79 Å². The SMILES string of the molecule is C[C@H]([C@@H]1[C@@H]([C@H](C)P(c2ccccc2)c2ccccc2)N(Cc2ccccc2)C(=O)N1Cc1ccccc1)P(c1ccccc1)c1ccccc1. The third kappa shape index (κ3) is 7.32. The summed E-state index contributed by atoms with van der Waals surface area (Å²) in [6.07, 6.45) is 0. The van der Waals surface area contributed by atoms with Gasteiger partial charge in [-0.3, -0.25) is 0 Å². The summed E-state index contributed by atoms with van der Waals surface area (Å²) in [4.78, 5) is 19.7. The summed E-state index contributed by atoms with van der Waals surface area (Å²) in [6, 6.07) is 65.1. The Morgan fingerprint density at radius 2 is 0.660 bits per heavy atom. The average molecular weight is 691 g/mol. The first kappa shape index (κ1) is 33.9. The van der Waals surface area contributed by atoms with Crippen LogP contribution in [-0.4, -0.2) is 39.2 Å². The molecule has 0 N–H and O–H groups in total. The van der Waals surface area contributed by atoms with Crippen LogP contribution >= 0.6 is 15.8 Å². The van der Waals surface area contributed by atoms with Crippen LogP contribution in [0.5, 0.6) is 0 Å². The first-order chi connectivity index (χ1) is 24.6. The van der Waals surface area contributed by atoms with Gasteiger partial charge in [0, 0.05) is 24.4 Å². The van der Waals surface area contributed by atoms with Crippen molar-refractivity contribution in [1.29, 1.82) is 0 Å². The van der Waals surface area contributed by atoms with Crippen LogP contribution in [0.4, 0.5) is 4.79 Å². The fraction of sp³-hybridized carbons (Fsp3) is 0.178. The van der Waals surface area contributed by atoms with E-state index in [2.05, 4.69) is 206 Å². The zero-order valence-corrected chi connectivity index (χ0v) is 30.5. The minimum atomic E-state index is -0.814. The molecule has 6 aromatic carbocycles. The van der Waals surface area contributed by atoms with Gasteiger partial charge in [0.05, 0.1) is 12.1 Å². The predicted octanol–water partition coefficient (Wildman–Crippen LogP) is 8.90. The molecule has 250 valence electrons. The molecule has 0 aromatic heterocycles. The van der Waals surface area contributed by atoms with E-state index < -0.39 is 15.8 Å². The Bertz CT molecular complexity index is 1710. The number of carbonyl (C=O) groups is 1. The summed E-state index contributed by atoms with van der Waals surface area (Å²) >= 11 is 0. The predicted molar refractivity (Wildman–Crippen MR) is 214 cm³/mol. The van der Waals surface area contributed by atoms with E-state index in [4.69, 9.17) is 0 Å². The second-order valence-electron chi connectivity index (χ2n) is 13.1. The quantitative estimate of drug-likeness (QED) is 0.118. The molecule has 0 bridgehead atoms. The Labute approximate surface area is 300 Å². The fourth-order valence-electron chi connectivity index (χ4n) is 7.69. The molecule has 3 nitrogen and oxygen atoms in total. The summed E-state index contributed by atoms with van der Waals surface area (Å²) in [7, 11) is -1.63. The molecule has 0 spiro atoms. The van der Waals surface area contributed by atoms with Crippen molar-refractivity contribution >= 4 is 43.1 Å². The molecule has 1 fully saturated rings. The Morgan fingerprint density at radius 3 is 0.920 bits per heavy atom. The molecule has 0 saturated carbocycles. The van der Waals surface area contributed by atoms with Gasteiger partial charge in [-0.15, -0.1) is 0 Å². The molecule has 6 aromatic rings. The van der Waals surface area contributed by atoms with Crippen LogP contribution < -0.4 is 21.2 Å². The summed E-state index contributed by atoms with van der Waals surface area (Å²) in [5.41, 5.74) is 2.64. The van der Waals surface area contributed by atoms with Gasteiger partial charge in [0.15, 0.2) is 0 Å². The molecule has 2 amide bonds. The zero-order valence-electron chi connectivity index (χ0n) is 28.7. The Balaban J connectivity index is 1.42. The maximum Gasteiger partial charge on any atom is 0.321 e. The lowest BCUT2D eigenvalue weighted by Gasteiger charge is -2.42. The van der Waals surface area contributed by atoms with Crippen molar-refractivity contribution in [3.8, 4) is 0 Å². The van der Waals surface area contributed by atoms with Gasteiger partial charge in [-0.25, -0.2) is 4.79 Å². The highest BCUT2D eigenvalue weighted by atomic mass is 31.1. The topological polar surface area (TPSA) is 23.6 Å². The van der Waals surface area contributed by atoms with Crippen LogP contribution in [-0.2, 0) is 13.1 Å². The van der Waals surface area contributed by atoms with E-state index in [9.17, 15) is 0 Å². The van der Waals surface area contributed by atoms with Crippen molar-refractivity contribution in [2.45, 2.75) is 50.3 Å². The summed E-state index contributed by atoms with van der Waals surface area (Å²) < 4.78 is 0. The number of urea groups is 1. The number of amides is 2. The molecular formula is C45H44N2OP2. The van der Waals surface area contributed by atoms with E-state index in [0.29, 0.717) is 13.1 Å². The molecule has 1 heterocycles. The Morgan fingerprint density at radius 1 is 0.420 bits per heavy atom. The highest BCUT2D eigenvalue weighted by molar-refractivity contribution is 7.74. The molecule has 0 aliphatic carbocycles. The van der Waals surface area contributed by atoms with E-state index in [0.717, 1.165) is 11.1 Å². The van der Waals surface area contributed by atoms with Gasteiger partial charge < -0.3 is 9.80 Å². The van der Waals surface area contributed by atoms with E-state index in [1.807, 2.05) is 0 Å². The first-order valence-electron chi connectivity index (χ1n) is 17.5. The number of hydrogen-bond donors (Lipinski definition) is 0. The lowest BCUT2D eigenvalue weighted by Crippen LogP contribution is -2.51. The first-order valence-corrected chi connectivity index (χ1v) is 20.4. The van der Waals surface area contributed by atoms with Crippen LogP contribution in [0.15, 0.2) is 182 Å². The average Bonchev–Trinajstić information content (AvgIpc) is 3.44. The van der Waals surface area contributed by atoms with Crippen LogP contribution in [0.1, 0.15) is 25.0 Å². The maximum absolute atomic E-state index is 15.2.